The Balaban J connectivity index is 2.69. The maximum atomic E-state index is 4.96. The second-order valence-corrected chi connectivity index (χ2v) is 3.87. The fourth-order valence-corrected chi connectivity index (χ4v) is 1.47. The van der Waals surface area contributed by atoms with Gasteiger partial charge >= 0.3 is 0 Å². The number of aromatic nitrogens is 1. The topological polar surface area (TPSA) is 12.9 Å². The molecule has 2 aromatic rings. The van der Waals surface area contributed by atoms with Crippen LogP contribution in [0.15, 0.2) is 36.5 Å². The summed E-state index contributed by atoms with van der Waals surface area (Å²) in [7, 11) is 0. The van der Waals surface area contributed by atoms with E-state index in [-0.39, 0.29) is 0 Å². The van der Waals surface area contributed by atoms with E-state index in [9.17, 15) is 0 Å². The molecule has 64 valence electrons. The van der Waals surface area contributed by atoms with Gasteiger partial charge in [-0.05, 0) is 12.1 Å². The lowest BCUT2D eigenvalue weighted by molar-refractivity contribution is 1.41. The molecule has 0 saturated carbocycles. The molecule has 0 N–H and O–H groups in total. The third-order valence-electron chi connectivity index (χ3n) is 1.85. The van der Waals surface area contributed by atoms with Gasteiger partial charge in [0, 0.05) is 17.1 Å². The fourth-order valence-electron chi connectivity index (χ4n) is 1.20. The smallest absolute Gasteiger partial charge is 0.0748 e. The minimum absolute atomic E-state index is 0.604. The van der Waals surface area contributed by atoms with Crippen LogP contribution in [0.5, 0.6) is 0 Å². The molecule has 1 aromatic carbocycles. The Bertz CT molecular complexity index is 465. The maximum absolute atomic E-state index is 4.96. The third kappa shape index (κ3) is 1.71. The second-order valence-electron chi connectivity index (χ2n) is 2.72. The van der Waals surface area contributed by atoms with Crippen molar-refractivity contribution in [3.05, 3.63) is 42.1 Å². The highest BCUT2D eigenvalue weighted by Crippen LogP contribution is 2.14. The minimum Gasteiger partial charge on any atom is -0.256 e. The van der Waals surface area contributed by atoms with Crippen LogP contribution >= 0.6 is 24.8 Å². The fraction of sp³-hybridized carbons (Fsp3) is 0. The van der Waals surface area contributed by atoms with Crippen molar-refractivity contribution in [2.45, 2.75) is 0 Å². The number of thiocarbonyl (C=S) groups is 1. The monoisotopic (exact) mass is 205 g/mol. The summed E-state index contributed by atoms with van der Waals surface area (Å²) < 4.78 is 0.604. The van der Waals surface area contributed by atoms with Gasteiger partial charge in [-0.3, -0.25) is 4.98 Å². The van der Waals surface area contributed by atoms with Crippen molar-refractivity contribution in [2.24, 2.45) is 0 Å². The zero-order valence-electron chi connectivity index (χ0n) is 6.77. The van der Waals surface area contributed by atoms with Crippen LogP contribution in [0, 0.1) is 0 Å². The first-order chi connectivity index (χ1) is 6.27. The van der Waals surface area contributed by atoms with Crippen LogP contribution in [0.2, 0.25) is 0 Å². The summed E-state index contributed by atoms with van der Waals surface area (Å²) in [4.78, 5) is 4.23. The highest BCUT2D eigenvalue weighted by Gasteiger charge is 1.98. The number of nitrogens with zero attached hydrogens (tertiary/aromatic N) is 1. The molecule has 0 atom stereocenters. The van der Waals surface area contributed by atoms with Crippen molar-refractivity contribution in [1.29, 1.82) is 0 Å². The predicted octanol–water partition coefficient (Wildman–Crippen LogP) is 2.84. The third-order valence-corrected chi connectivity index (χ3v) is 2.35. The zero-order valence-corrected chi connectivity index (χ0v) is 8.48. The van der Waals surface area contributed by atoms with Crippen LogP contribution in [0.3, 0.4) is 0 Å². The van der Waals surface area contributed by atoms with Gasteiger partial charge in [-0.1, -0.05) is 30.4 Å². The van der Waals surface area contributed by atoms with E-state index in [1.165, 1.54) is 0 Å². The molecule has 2 rings (SSSR count). The normalized spacial score (nSPS) is 10.2. The standard InChI is InChI=1S/C10H7NS2/c12-10(13)8-4-3-7-2-1-5-11-9(7)6-8/h1-6H,(H,12,13). The Morgan fingerprint density at radius 1 is 1.31 bits per heavy atom. The molecule has 0 amide bonds. The van der Waals surface area contributed by atoms with E-state index in [4.69, 9.17) is 12.2 Å². The van der Waals surface area contributed by atoms with E-state index in [1.807, 2.05) is 30.3 Å². The molecule has 0 aliphatic heterocycles. The highest BCUT2D eigenvalue weighted by molar-refractivity contribution is 8.11. The molecule has 1 heterocycles. The molecule has 3 heteroatoms. The van der Waals surface area contributed by atoms with Gasteiger partial charge in [-0.25, -0.2) is 0 Å². The molecule has 0 aliphatic carbocycles. The first-order valence-electron chi connectivity index (χ1n) is 3.85. The highest BCUT2D eigenvalue weighted by atomic mass is 32.1. The number of pyridine rings is 1. The number of hydrogen-bond donors (Lipinski definition) is 1. The molecular weight excluding hydrogens is 198 g/mol. The average molecular weight is 205 g/mol. The molecule has 0 spiro atoms. The second kappa shape index (κ2) is 3.44. The van der Waals surface area contributed by atoms with Crippen molar-refractivity contribution in [3.63, 3.8) is 0 Å². The number of benzene rings is 1. The first-order valence-corrected chi connectivity index (χ1v) is 4.71. The van der Waals surface area contributed by atoms with Crippen molar-refractivity contribution in [3.8, 4) is 0 Å². The Morgan fingerprint density at radius 2 is 2.15 bits per heavy atom. The van der Waals surface area contributed by atoms with Gasteiger partial charge in [0.2, 0.25) is 0 Å². The summed E-state index contributed by atoms with van der Waals surface area (Å²) in [6.07, 6.45) is 1.77. The van der Waals surface area contributed by atoms with E-state index < -0.39 is 0 Å². The molecular formula is C10H7NS2. The van der Waals surface area contributed by atoms with Gasteiger partial charge in [0.1, 0.15) is 0 Å². The molecule has 0 bridgehead atoms. The lowest BCUT2D eigenvalue weighted by Crippen LogP contribution is -1.87. The minimum atomic E-state index is 0.604. The SMILES string of the molecule is S=C(S)c1ccc2cccnc2c1. The molecule has 0 fully saturated rings. The summed E-state index contributed by atoms with van der Waals surface area (Å²) in [6, 6.07) is 9.85. The van der Waals surface area contributed by atoms with Gasteiger partial charge in [0.15, 0.2) is 0 Å². The lowest BCUT2D eigenvalue weighted by Gasteiger charge is -1.99. The first kappa shape index (κ1) is 8.66. The largest absolute Gasteiger partial charge is 0.256 e. The number of hydrogen-bond acceptors (Lipinski definition) is 2. The Kier molecular flexibility index (Phi) is 2.29. The van der Waals surface area contributed by atoms with Crippen LogP contribution in [0.25, 0.3) is 10.9 Å². The zero-order chi connectivity index (χ0) is 9.26. The molecule has 0 saturated heterocycles. The van der Waals surface area contributed by atoms with Gasteiger partial charge in [-0.15, -0.1) is 12.6 Å². The molecule has 0 radical (unpaired) electrons. The van der Waals surface area contributed by atoms with Crippen LogP contribution in [0.1, 0.15) is 5.56 Å². The maximum Gasteiger partial charge on any atom is 0.0748 e. The van der Waals surface area contributed by atoms with Gasteiger partial charge < -0.3 is 0 Å². The summed E-state index contributed by atoms with van der Waals surface area (Å²) in [6.45, 7) is 0. The van der Waals surface area contributed by atoms with E-state index in [0.717, 1.165) is 16.5 Å². The van der Waals surface area contributed by atoms with Gasteiger partial charge in [0.25, 0.3) is 0 Å². The molecule has 1 nitrogen and oxygen atoms in total. The van der Waals surface area contributed by atoms with Crippen molar-refractivity contribution < 1.29 is 0 Å². The molecule has 0 unspecified atom stereocenters. The van der Waals surface area contributed by atoms with E-state index in [2.05, 4.69) is 17.6 Å². The lowest BCUT2D eigenvalue weighted by atomic mass is 10.1. The average Bonchev–Trinajstić information content (AvgIpc) is 2.17. The van der Waals surface area contributed by atoms with E-state index in [1.54, 1.807) is 6.20 Å². The quantitative estimate of drug-likeness (QED) is 0.568. The number of rotatable bonds is 1. The Hall–Kier alpha value is -0.930. The van der Waals surface area contributed by atoms with Gasteiger partial charge in [0.05, 0.1) is 9.71 Å². The summed E-state index contributed by atoms with van der Waals surface area (Å²) in [5.41, 5.74) is 1.90. The molecule has 1 aromatic heterocycles. The van der Waals surface area contributed by atoms with E-state index in [0.29, 0.717) is 4.20 Å². The van der Waals surface area contributed by atoms with Crippen LogP contribution in [-0.4, -0.2) is 9.18 Å². The Labute approximate surface area is 87.2 Å². The summed E-state index contributed by atoms with van der Waals surface area (Å²) in [5.74, 6) is 0. The van der Waals surface area contributed by atoms with Crippen LogP contribution < -0.4 is 0 Å². The summed E-state index contributed by atoms with van der Waals surface area (Å²) >= 11 is 9.08. The number of fused-ring (bicyclic) bond motifs is 1. The molecule has 13 heavy (non-hydrogen) atoms. The Morgan fingerprint density at radius 3 is 2.92 bits per heavy atom. The van der Waals surface area contributed by atoms with Crippen LogP contribution in [-0.2, 0) is 0 Å². The predicted molar refractivity (Wildman–Crippen MR) is 62.4 cm³/mol. The van der Waals surface area contributed by atoms with Crippen molar-refractivity contribution in [1.82, 2.24) is 4.98 Å². The number of thiol groups is 1. The van der Waals surface area contributed by atoms with Crippen molar-refractivity contribution in [2.75, 3.05) is 0 Å². The van der Waals surface area contributed by atoms with Crippen molar-refractivity contribution >= 4 is 39.9 Å². The van der Waals surface area contributed by atoms with Gasteiger partial charge in [-0.2, -0.15) is 0 Å². The molecule has 0 aliphatic rings. The van der Waals surface area contributed by atoms with Crippen LogP contribution in [0.4, 0.5) is 0 Å². The summed E-state index contributed by atoms with van der Waals surface area (Å²) in [5, 5.41) is 1.12. The van der Waals surface area contributed by atoms with E-state index >= 15 is 0 Å².